The third-order valence-corrected chi connectivity index (χ3v) is 6.20. The van der Waals surface area contributed by atoms with Crippen LogP contribution < -0.4 is 10.1 Å². The van der Waals surface area contributed by atoms with Crippen molar-refractivity contribution in [2.24, 2.45) is 0 Å². The number of amides is 1. The van der Waals surface area contributed by atoms with E-state index >= 15 is 0 Å². The molecule has 3 aromatic rings. The van der Waals surface area contributed by atoms with Gasteiger partial charge in [0, 0.05) is 10.7 Å². The van der Waals surface area contributed by atoms with Crippen molar-refractivity contribution >= 4 is 80.4 Å². The first-order valence-corrected chi connectivity index (χ1v) is 11.9. The molecular weight excluding hydrogens is 670 g/mol. The van der Waals surface area contributed by atoms with Gasteiger partial charge < -0.3 is 15.2 Å². The largest absolute Gasteiger partial charge is 0.487 e. The number of carboxylic acid groups (broad SMARTS) is 1. The summed E-state index contributed by atoms with van der Waals surface area (Å²) in [4.78, 5) is 23.5. The summed E-state index contributed by atoms with van der Waals surface area (Å²) in [5, 5.41) is 21.6. The van der Waals surface area contributed by atoms with Gasteiger partial charge in [0.1, 0.15) is 24.0 Å². The fraction of sp³-hybridized carbons (Fsp3) is 0.0417. The van der Waals surface area contributed by atoms with Gasteiger partial charge in [-0.25, -0.2) is 4.79 Å². The molecule has 0 heterocycles. The van der Waals surface area contributed by atoms with E-state index in [1.165, 1.54) is 18.2 Å². The molecule has 3 aromatic carbocycles. The molecule has 0 fully saturated rings. The summed E-state index contributed by atoms with van der Waals surface area (Å²) < 4.78 is 7.55. The maximum Gasteiger partial charge on any atom is 0.335 e. The van der Waals surface area contributed by atoms with Crippen LogP contribution in [0.15, 0.2) is 66.2 Å². The topological polar surface area (TPSA) is 99.4 Å². The van der Waals surface area contributed by atoms with Crippen molar-refractivity contribution in [3.8, 4) is 11.8 Å². The molecule has 0 unspecified atom stereocenters. The van der Waals surface area contributed by atoms with E-state index in [9.17, 15) is 14.9 Å². The van der Waals surface area contributed by atoms with E-state index in [1.54, 1.807) is 36.4 Å². The van der Waals surface area contributed by atoms with Crippen molar-refractivity contribution < 1.29 is 19.4 Å². The number of aromatic carboxylic acids is 1. The predicted molar refractivity (Wildman–Crippen MR) is 143 cm³/mol. The second kappa shape index (κ2) is 11.5. The Balaban J connectivity index is 1.75. The van der Waals surface area contributed by atoms with Gasteiger partial charge in [0.05, 0.1) is 12.7 Å². The normalized spacial score (nSPS) is 10.9. The number of benzene rings is 3. The molecule has 0 aromatic heterocycles. The molecule has 0 radical (unpaired) electrons. The van der Waals surface area contributed by atoms with E-state index in [-0.39, 0.29) is 17.7 Å². The lowest BCUT2D eigenvalue weighted by Gasteiger charge is -2.12. The number of halogens is 3. The van der Waals surface area contributed by atoms with Crippen LogP contribution in [0.5, 0.6) is 5.75 Å². The maximum atomic E-state index is 12.5. The summed E-state index contributed by atoms with van der Waals surface area (Å²) in [5.41, 5.74) is 2.18. The summed E-state index contributed by atoms with van der Waals surface area (Å²) in [6.07, 6.45) is 1.51. The third-order valence-electron chi connectivity index (χ3n) is 4.36. The molecule has 0 saturated carbocycles. The number of hydrogen-bond donors (Lipinski definition) is 2. The van der Waals surface area contributed by atoms with Crippen molar-refractivity contribution in [3.63, 3.8) is 0 Å². The van der Waals surface area contributed by atoms with Gasteiger partial charge in [0.15, 0.2) is 0 Å². The lowest BCUT2D eigenvalue weighted by Crippen LogP contribution is -2.13. The van der Waals surface area contributed by atoms with Crippen LogP contribution in [-0.4, -0.2) is 17.0 Å². The molecule has 0 spiro atoms. The first-order chi connectivity index (χ1) is 15.8. The number of hydrogen-bond acceptors (Lipinski definition) is 4. The monoisotopic (exact) mass is 684 g/mol. The summed E-state index contributed by atoms with van der Waals surface area (Å²) in [6.45, 7) is 0.270. The van der Waals surface area contributed by atoms with Gasteiger partial charge in [0.2, 0.25) is 0 Å². The lowest BCUT2D eigenvalue weighted by molar-refractivity contribution is -0.112. The minimum Gasteiger partial charge on any atom is -0.487 e. The van der Waals surface area contributed by atoms with Gasteiger partial charge in [0.25, 0.3) is 5.91 Å². The molecule has 0 aliphatic rings. The molecule has 0 atom stereocenters. The number of carbonyl (C=O) groups excluding carboxylic acids is 1. The van der Waals surface area contributed by atoms with Crippen LogP contribution in [0.2, 0.25) is 5.02 Å². The molecule has 3 rings (SSSR count). The maximum absolute atomic E-state index is 12.5. The number of carbonyl (C=O) groups is 2. The van der Waals surface area contributed by atoms with Gasteiger partial charge >= 0.3 is 5.97 Å². The molecule has 1 amide bonds. The second-order valence-electron chi connectivity index (χ2n) is 6.74. The average Bonchev–Trinajstić information content (AvgIpc) is 2.77. The van der Waals surface area contributed by atoms with E-state index in [0.29, 0.717) is 22.0 Å². The third kappa shape index (κ3) is 6.93. The van der Waals surface area contributed by atoms with Crippen LogP contribution in [0.1, 0.15) is 21.5 Å². The Morgan fingerprint density at radius 1 is 1.09 bits per heavy atom. The van der Waals surface area contributed by atoms with Crippen molar-refractivity contribution in [1.29, 1.82) is 5.26 Å². The Labute approximate surface area is 222 Å². The Bertz CT molecular complexity index is 1260. The Morgan fingerprint density at radius 3 is 2.33 bits per heavy atom. The van der Waals surface area contributed by atoms with E-state index in [4.69, 9.17) is 21.4 Å². The lowest BCUT2D eigenvalue weighted by atomic mass is 10.1. The van der Waals surface area contributed by atoms with Gasteiger partial charge in [-0.1, -0.05) is 29.8 Å². The smallest absolute Gasteiger partial charge is 0.335 e. The molecule has 166 valence electrons. The quantitative estimate of drug-likeness (QED) is 0.171. The van der Waals surface area contributed by atoms with E-state index in [2.05, 4.69) is 50.5 Å². The van der Waals surface area contributed by atoms with Crippen molar-refractivity contribution in [2.75, 3.05) is 5.32 Å². The molecule has 6 nitrogen and oxygen atoms in total. The van der Waals surface area contributed by atoms with Crippen molar-refractivity contribution in [3.05, 3.63) is 95.1 Å². The van der Waals surface area contributed by atoms with Gasteiger partial charge in [-0.2, -0.15) is 5.26 Å². The Morgan fingerprint density at radius 2 is 1.76 bits per heavy atom. The number of nitriles is 1. The molecule has 0 aliphatic carbocycles. The highest BCUT2D eigenvalue weighted by atomic mass is 127. The fourth-order valence-electron chi connectivity index (χ4n) is 2.78. The minimum atomic E-state index is -0.979. The number of nitrogens with one attached hydrogen (secondary N) is 1. The number of ether oxygens (including phenoxy) is 1. The molecule has 0 saturated heterocycles. The first-order valence-electron chi connectivity index (χ1n) is 9.39. The standard InChI is InChI=1S/C24H15ClI2N2O4/c25-18-2-1-3-19(11-18)29-23(30)17(12-28)8-15-9-20(26)22(21(27)10-15)33-13-14-4-6-16(7-5-14)24(31)32/h1-11H,13H2,(H,29,30)(H,31,32)/b17-8-. The SMILES string of the molecule is N#C/C(=C/c1cc(I)c(OCc2ccc(C(=O)O)cc2)c(I)c1)C(=O)Nc1cccc(Cl)c1. The summed E-state index contributed by atoms with van der Waals surface area (Å²) >= 11 is 10.2. The van der Waals surface area contributed by atoms with E-state index < -0.39 is 11.9 Å². The second-order valence-corrected chi connectivity index (χ2v) is 9.50. The van der Waals surface area contributed by atoms with Crippen LogP contribution >= 0.6 is 56.8 Å². The predicted octanol–water partition coefficient (Wildman–Crippen LogP) is 6.37. The van der Waals surface area contributed by atoms with Crippen LogP contribution in [-0.2, 0) is 11.4 Å². The highest BCUT2D eigenvalue weighted by molar-refractivity contribution is 14.1. The Hall–Kier alpha value is -2.62. The summed E-state index contributed by atoms with van der Waals surface area (Å²) in [7, 11) is 0. The highest BCUT2D eigenvalue weighted by Crippen LogP contribution is 2.30. The van der Waals surface area contributed by atoms with Crippen molar-refractivity contribution in [2.45, 2.75) is 6.61 Å². The van der Waals surface area contributed by atoms with Gasteiger partial charge in [-0.15, -0.1) is 0 Å². The molecule has 2 N–H and O–H groups in total. The summed E-state index contributed by atoms with van der Waals surface area (Å²) in [6, 6.07) is 18.7. The minimum absolute atomic E-state index is 0.0474. The zero-order valence-corrected chi connectivity index (χ0v) is 21.9. The van der Waals surface area contributed by atoms with Crippen LogP contribution in [0, 0.1) is 18.5 Å². The molecule has 0 aliphatic heterocycles. The number of nitrogens with zero attached hydrogens (tertiary/aromatic N) is 1. The Kier molecular flexibility index (Phi) is 8.71. The van der Waals surface area contributed by atoms with E-state index in [1.807, 2.05) is 18.2 Å². The van der Waals surface area contributed by atoms with Crippen LogP contribution in [0.25, 0.3) is 6.08 Å². The van der Waals surface area contributed by atoms with Crippen LogP contribution in [0.3, 0.4) is 0 Å². The van der Waals surface area contributed by atoms with Gasteiger partial charge in [-0.3, -0.25) is 4.79 Å². The van der Waals surface area contributed by atoms with E-state index in [0.717, 1.165) is 12.7 Å². The molecule has 33 heavy (non-hydrogen) atoms. The number of rotatable bonds is 7. The average molecular weight is 685 g/mol. The molecule has 9 heteroatoms. The zero-order valence-electron chi connectivity index (χ0n) is 16.8. The first kappa shape index (κ1) is 25.0. The zero-order chi connectivity index (χ0) is 24.0. The number of anilines is 1. The molecule has 0 bridgehead atoms. The van der Waals surface area contributed by atoms with Gasteiger partial charge in [-0.05, 0) is 105 Å². The fourth-order valence-corrected chi connectivity index (χ4v) is 5.10. The summed E-state index contributed by atoms with van der Waals surface area (Å²) in [5.74, 6) is -0.847. The highest BCUT2D eigenvalue weighted by Gasteiger charge is 2.13. The van der Waals surface area contributed by atoms with Crippen molar-refractivity contribution in [1.82, 2.24) is 0 Å². The van der Waals surface area contributed by atoms with Crippen LogP contribution in [0.4, 0.5) is 5.69 Å². The molecular formula is C24H15ClI2N2O4. The number of carboxylic acids is 1.